The Morgan fingerprint density at radius 2 is 2.11 bits per heavy atom. The third kappa shape index (κ3) is 3.03. The summed E-state index contributed by atoms with van der Waals surface area (Å²) < 4.78 is 5.71. The number of hydrogen-bond donors (Lipinski definition) is 1. The minimum Gasteiger partial charge on any atom is -0.468 e. The van der Waals surface area contributed by atoms with E-state index >= 15 is 0 Å². The molecule has 1 aromatic rings. The Bertz CT molecular complexity index is 357. The van der Waals surface area contributed by atoms with Gasteiger partial charge in [0.15, 0.2) is 0 Å². The van der Waals surface area contributed by atoms with E-state index in [2.05, 4.69) is 37.1 Å². The maximum absolute atomic E-state index is 5.71. The summed E-state index contributed by atoms with van der Waals surface area (Å²) >= 11 is 0. The summed E-state index contributed by atoms with van der Waals surface area (Å²) in [6.45, 7) is 10.4. The molecule has 1 aliphatic heterocycles. The van der Waals surface area contributed by atoms with Crippen molar-refractivity contribution >= 4 is 0 Å². The number of nitrogens with zero attached hydrogens (tertiary/aromatic N) is 1. The van der Waals surface area contributed by atoms with E-state index in [1.54, 1.807) is 6.26 Å². The molecule has 1 saturated heterocycles. The van der Waals surface area contributed by atoms with Gasteiger partial charge in [-0.2, -0.15) is 0 Å². The Labute approximate surface area is 117 Å². The zero-order valence-corrected chi connectivity index (χ0v) is 12.6. The molecule has 2 unspecified atom stereocenters. The molecule has 0 saturated carbocycles. The predicted molar refractivity (Wildman–Crippen MR) is 79.2 cm³/mol. The van der Waals surface area contributed by atoms with Crippen molar-refractivity contribution in [3.8, 4) is 0 Å². The normalized spacial score (nSPS) is 21.4. The summed E-state index contributed by atoms with van der Waals surface area (Å²) in [7, 11) is 0. The fraction of sp³-hybridized carbons (Fsp3) is 0.750. The van der Waals surface area contributed by atoms with Crippen LogP contribution in [0.4, 0.5) is 0 Å². The van der Waals surface area contributed by atoms with Gasteiger partial charge in [-0.3, -0.25) is 4.90 Å². The van der Waals surface area contributed by atoms with Gasteiger partial charge in [0.1, 0.15) is 5.76 Å². The van der Waals surface area contributed by atoms with Crippen LogP contribution in [-0.2, 0) is 0 Å². The van der Waals surface area contributed by atoms with Crippen molar-refractivity contribution < 1.29 is 4.42 Å². The highest BCUT2D eigenvalue weighted by atomic mass is 16.3. The van der Waals surface area contributed by atoms with E-state index in [0.717, 1.165) is 25.1 Å². The first kappa shape index (κ1) is 14.6. The highest BCUT2D eigenvalue weighted by Gasteiger charge is 2.41. The van der Waals surface area contributed by atoms with Crippen molar-refractivity contribution in [2.75, 3.05) is 19.6 Å². The average molecular weight is 264 g/mol. The van der Waals surface area contributed by atoms with Crippen molar-refractivity contribution in [3.05, 3.63) is 24.2 Å². The molecule has 2 atom stereocenters. The number of furan rings is 1. The van der Waals surface area contributed by atoms with Gasteiger partial charge in [0.05, 0.1) is 12.3 Å². The van der Waals surface area contributed by atoms with Crippen LogP contribution in [0.5, 0.6) is 0 Å². The average Bonchev–Trinajstić information content (AvgIpc) is 3.11. The molecule has 1 aliphatic rings. The zero-order valence-electron chi connectivity index (χ0n) is 12.6. The molecule has 0 spiro atoms. The van der Waals surface area contributed by atoms with Crippen molar-refractivity contribution in [3.63, 3.8) is 0 Å². The molecule has 1 N–H and O–H groups in total. The number of likely N-dealkylation sites (tertiary alicyclic amines) is 1. The van der Waals surface area contributed by atoms with Crippen LogP contribution in [0.15, 0.2) is 22.8 Å². The van der Waals surface area contributed by atoms with Crippen LogP contribution in [0.3, 0.4) is 0 Å². The second kappa shape index (κ2) is 6.58. The maximum atomic E-state index is 5.71. The molecule has 0 aliphatic carbocycles. The minimum absolute atomic E-state index is 0.142. The van der Waals surface area contributed by atoms with Gasteiger partial charge in [-0.15, -0.1) is 0 Å². The van der Waals surface area contributed by atoms with E-state index in [9.17, 15) is 0 Å². The van der Waals surface area contributed by atoms with Gasteiger partial charge in [-0.25, -0.2) is 0 Å². The molecule has 0 bridgehead atoms. The van der Waals surface area contributed by atoms with Crippen molar-refractivity contribution in [2.24, 2.45) is 0 Å². The molecule has 0 radical (unpaired) electrons. The second-order valence-electron chi connectivity index (χ2n) is 5.81. The van der Waals surface area contributed by atoms with Gasteiger partial charge in [0.25, 0.3) is 0 Å². The molecule has 1 aromatic heterocycles. The highest BCUT2D eigenvalue weighted by molar-refractivity contribution is 5.13. The molecule has 3 heteroatoms. The quantitative estimate of drug-likeness (QED) is 0.816. The molecule has 2 heterocycles. The van der Waals surface area contributed by atoms with Crippen LogP contribution in [-0.4, -0.2) is 30.1 Å². The smallest absolute Gasteiger partial charge is 0.122 e. The summed E-state index contributed by atoms with van der Waals surface area (Å²) in [6, 6.07) is 4.39. The maximum Gasteiger partial charge on any atom is 0.122 e. The van der Waals surface area contributed by atoms with Crippen molar-refractivity contribution in [2.45, 2.75) is 58.0 Å². The lowest BCUT2D eigenvalue weighted by atomic mass is 9.85. The van der Waals surface area contributed by atoms with Gasteiger partial charge in [-0.1, -0.05) is 13.8 Å². The first-order valence-corrected chi connectivity index (χ1v) is 7.74. The van der Waals surface area contributed by atoms with E-state index < -0.39 is 0 Å². The minimum atomic E-state index is 0.142. The number of hydrogen-bond acceptors (Lipinski definition) is 3. The summed E-state index contributed by atoms with van der Waals surface area (Å²) in [4.78, 5) is 2.64. The van der Waals surface area contributed by atoms with Gasteiger partial charge < -0.3 is 9.73 Å². The van der Waals surface area contributed by atoms with Gasteiger partial charge >= 0.3 is 0 Å². The van der Waals surface area contributed by atoms with E-state index in [0.29, 0.717) is 0 Å². The van der Waals surface area contributed by atoms with E-state index in [4.69, 9.17) is 4.42 Å². The molecule has 2 rings (SSSR count). The van der Waals surface area contributed by atoms with Crippen LogP contribution in [0, 0.1) is 0 Å². The Morgan fingerprint density at radius 3 is 2.63 bits per heavy atom. The van der Waals surface area contributed by atoms with Gasteiger partial charge in [0, 0.05) is 5.54 Å². The molecular formula is C16H28N2O. The summed E-state index contributed by atoms with van der Waals surface area (Å²) in [5.41, 5.74) is 0.142. The predicted octanol–water partition coefficient (Wildman–Crippen LogP) is 3.58. The van der Waals surface area contributed by atoms with E-state index in [1.165, 1.54) is 25.9 Å². The zero-order chi connectivity index (χ0) is 13.7. The van der Waals surface area contributed by atoms with Gasteiger partial charge in [0.2, 0.25) is 0 Å². The lowest BCUT2D eigenvalue weighted by Gasteiger charge is -2.44. The Morgan fingerprint density at radius 1 is 1.37 bits per heavy atom. The first-order chi connectivity index (χ1) is 9.22. The first-order valence-electron chi connectivity index (χ1n) is 7.74. The monoisotopic (exact) mass is 264 g/mol. The Hall–Kier alpha value is -0.800. The molecule has 108 valence electrons. The second-order valence-corrected chi connectivity index (χ2v) is 5.81. The standard InChI is InChI=1S/C16H28N2O/c1-4-10-17-15(14-9-8-13-19-14)16(3,5-2)18-11-6-7-12-18/h8-9,13,15,17H,4-7,10-12H2,1-3H3. The highest BCUT2D eigenvalue weighted by Crippen LogP contribution is 2.36. The Balaban J connectivity index is 2.22. The SMILES string of the molecule is CCCNC(c1ccco1)C(C)(CC)N1CCCC1. The van der Waals surface area contributed by atoms with Crippen molar-refractivity contribution in [1.82, 2.24) is 10.2 Å². The van der Waals surface area contributed by atoms with Gasteiger partial charge in [-0.05, 0) is 64.4 Å². The fourth-order valence-corrected chi connectivity index (χ4v) is 3.21. The number of nitrogens with one attached hydrogen (secondary N) is 1. The third-order valence-corrected chi connectivity index (χ3v) is 4.59. The molecule has 0 amide bonds. The summed E-state index contributed by atoms with van der Waals surface area (Å²) in [5.74, 6) is 1.07. The Kier molecular flexibility index (Phi) is 5.06. The molecular weight excluding hydrogens is 236 g/mol. The summed E-state index contributed by atoms with van der Waals surface area (Å²) in [6.07, 6.45) is 6.73. The van der Waals surface area contributed by atoms with Crippen LogP contribution in [0.25, 0.3) is 0 Å². The lowest BCUT2D eigenvalue weighted by molar-refractivity contribution is 0.0745. The van der Waals surface area contributed by atoms with Crippen LogP contribution < -0.4 is 5.32 Å². The molecule has 0 aromatic carbocycles. The van der Waals surface area contributed by atoms with E-state index in [1.807, 2.05) is 6.07 Å². The largest absolute Gasteiger partial charge is 0.468 e. The van der Waals surface area contributed by atoms with Crippen LogP contribution in [0.1, 0.15) is 58.3 Å². The molecule has 19 heavy (non-hydrogen) atoms. The van der Waals surface area contributed by atoms with Crippen LogP contribution in [0.2, 0.25) is 0 Å². The topological polar surface area (TPSA) is 28.4 Å². The lowest BCUT2D eigenvalue weighted by Crippen LogP contribution is -2.53. The third-order valence-electron chi connectivity index (χ3n) is 4.59. The van der Waals surface area contributed by atoms with E-state index in [-0.39, 0.29) is 11.6 Å². The fourth-order valence-electron chi connectivity index (χ4n) is 3.21. The number of rotatable bonds is 7. The summed E-state index contributed by atoms with van der Waals surface area (Å²) in [5, 5.41) is 3.70. The van der Waals surface area contributed by atoms with Crippen LogP contribution >= 0.6 is 0 Å². The molecule has 1 fully saturated rings. The van der Waals surface area contributed by atoms with Crippen molar-refractivity contribution in [1.29, 1.82) is 0 Å². The molecule has 3 nitrogen and oxygen atoms in total.